The maximum Gasteiger partial charge on any atom is 0.161 e. The molecule has 6 nitrogen and oxygen atoms in total. The molecule has 30 heavy (non-hydrogen) atoms. The summed E-state index contributed by atoms with van der Waals surface area (Å²) in [6.45, 7) is 3.76. The molecule has 6 heteroatoms. The molecular weight excluding hydrogens is 382 g/mol. The van der Waals surface area contributed by atoms with Gasteiger partial charge in [0, 0.05) is 19.0 Å². The number of aliphatic hydroxyl groups excluding tert-OH is 1. The summed E-state index contributed by atoms with van der Waals surface area (Å²) in [5, 5.41) is 10.5. The zero-order valence-corrected chi connectivity index (χ0v) is 17.6. The van der Waals surface area contributed by atoms with Crippen molar-refractivity contribution in [2.75, 3.05) is 40.0 Å². The van der Waals surface area contributed by atoms with Crippen molar-refractivity contribution in [1.82, 2.24) is 4.90 Å². The highest BCUT2D eigenvalue weighted by molar-refractivity contribution is 5.44. The molecule has 1 N–H and O–H groups in total. The van der Waals surface area contributed by atoms with Gasteiger partial charge >= 0.3 is 0 Å². The standard InChI is InChI=1S/C24H31NO5/c1-27-21-8-5-18(6-9-21)16-28-17-20(26)15-25-11-2-4-22(25)19-7-10-23-24(14-19)30-13-3-12-29-23/h5-10,14,20,22,26H,2-4,11-13,15-17H2,1H3/t20-,22-/m0/s1. The van der Waals surface area contributed by atoms with Crippen molar-refractivity contribution in [2.45, 2.75) is 38.0 Å². The van der Waals surface area contributed by atoms with Crippen LogP contribution in [-0.4, -0.2) is 56.1 Å². The number of aliphatic hydroxyl groups is 1. The van der Waals surface area contributed by atoms with Gasteiger partial charge in [0.15, 0.2) is 11.5 Å². The SMILES string of the molecule is COc1ccc(COC[C@@H](O)CN2CCC[C@H]2c2ccc3c(c2)OCCCO3)cc1. The molecule has 0 aliphatic carbocycles. The first-order valence-electron chi connectivity index (χ1n) is 10.8. The minimum Gasteiger partial charge on any atom is -0.497 e. The van der Waals surface area contributed by atoms with Crippen molar-refractivity contribution < 1.29 is 24.1 Å². The van der Waals surface area contributed by atoms with Crippen molar-refractivity contribution in [3.8, 4) is 17.2 Å². The third-order valence-corrected chi connectivity index (χ3v) is 5.70. The predicted octanol–water partition coefficient (Wildman–Crippen LogP) is 3.57. The summed E-state index contributed by atoms with van der Waals surface area (Å²) in [7, 11) is 1.65. The molecule has 2 aromatic carbocycles. The van der Waals surface area contributed by atoms with Gasteiger partial charge < -0.3 is 24.1 Å². The van der Waals surface area contributed by atoms with Gasteiger partial charge in [0.1, 0.15) is 5.75 Å². The van der Waals surface area contributed by atoms with Crippen LogP contribution in [0.1, 0.15) is 36.4 Å². The van der Waals surface area contributed by atoms with Crippen LogP contribution < -0.4 is 14.2 Å². The third kappa shape index (κ3) is 5.25. The lowest BCUT2D eigenvalue weighted by atomic mass is 10.0. The Labute approximate surface area is 178 Å². The number of likely N-dealkylation sites (tertiary alicyclic amines) is 1. The Morgan fingerprint density at radius 1 is 1.07 bits per heavy atom. The van der Waals surface area contributed by atoms with Crippen molar-refractivity contribution >= 4 is 0 Å². The number of benzene rings is 2. The lowest BCUT2D eigenvalue weighted by Crippen LogP contribution is -2.34. The van der Waals surface area contributed by atoms with E-state index in [0.29, 0.717) is 39.0 Å². The second-order valence-corrected chi connectivity index (χ2v) is 7.93. The maximum absolute atomic E-state index is 10.5. The number of fused-ring (bicyclic) bond motifs is 1. The van der Waals surface area contributed by atoms with Crippen LogP contribution in [0.3, 0.4) is 0 Å². The normalized spacial score (nSPS) is 20.0. The van der Waals surface area contributed by atoms with Gasteiger partial charge in [-0.3, -0.25) is 4.90 Å². The summed E-state index contributed by atoms with van der Waals surface area (Å²) in [4.78, 5) is 2.35. The van der Waals surface area contributed by atoms with Crippen molar-refractivity contribution in [1.29, 1.82) is 0 Å². The second kappa shape index (κ2) is 10.2. The molecule has 2 aliphatic heterocycles. The van der Waals surface area contributed by atoms with E-state index in [2.05, 4.69) is 17.0 Å². The Morgan fingerprint density at radius 2 is 1.87 bits per heavy atom. The second-order valence-electron chi connectivity index (χ2n) is 7.93. The van der Waals surface area contributed by atoms with Gasteiger partial charge in [-0.1, -0.05) is 18.2 Å². The molecule has 0 aromatic heterocycles. The minimum absolute atomic E-state index is 0.290. The van der Waals surface area contributed by atoms with Crippen LogP contribution >= 0.6 is 0 Å². The van der Waals surface area contributed by atoms with Crippen LogP contribution in [0.4, 0.5) is 0 Å². The highest BCUT2D eigenvalue weighted by Gasteiger charge is 2.28. The summed E-state index contributed by atoms with van der Waals surface area (Å²) in [6.07, 6.45) is 2.59. The highest BCUT2D eigenvalue weighted by Crippen LogP contribution is 2.37. The van der Waals surface area contributed by atoms with Gasteiger partial charge in [-0.05, 0) is 54.8 Å². The van der Waals surface area contributed by atoms with E-state index in [1.54, 1.807) is 7.11 Å². The number of hydrogen-bond donors (Lipinski definition) is 1. The summed E-state index contributed by atoms with van der Waals surface area (Å²) in [6, 6.07) is 14.3. The Hall–Kier alpha value is -2.28. The van der Waals surface area contributed by atoms with E-state index in [1.807, 2.05) is 30.3 Å². The molecule has 1 saturated heterocycles. The molecule has 0 unspecified atom stereocenters. The molecule has 0 bridgehead atoms. The average Bonchev–Trinajstić information content (AvgIpc) is 3.09. The van der Waals surface area contributed by atoms with Crippen LogP contribution in [0.15, 0.2) is 42.5 Å². The first-order chi connectivity index (χ1) is 14.7. The fourth-order valence-electron chi connectivity index (χ4n) is 4.17. The average molecular weight is 414 g/mol. The van der Waals surface area contributed by atoms with E-state index in [-0.39, 0.29) is 0 Å². The zero-order chi connectivity index (χ0) is 20.8. The van der Waals surface area contributed by atoms with E-state index in [4.69, 9.17) is 18.9 Å². The number of methoxy groups -OCH3 is 1. The molecule has 2 atom stereocenters. The first-order valence-corrected chi connectivity index (χ1v) is 10.8. The summed E-state index contributed by atoms with van der Waals surface area (Å²) >= 11 is 0. The van der Waals surface area contributed by atoms with Crippen molar-refractivity contribution in [2.24, 2.45) is 0 Å². The molecule has 1 fully saturated rings. The van der Waals surface area contributed by atoms with Gasteiger partial charge in [-0.2, -0.15) is 0 Å². The predicted molar refractivity (Wildman–Crippen MR) is 114 cm³/mol. The number of hydrogen-bond acceptors (Lipinski definition) is 6. The molecule has 2 heterocycles. The maximum atomic E-state index is 10.5. The summed E-state index contributed by atoms with van der Waals surface area (Å²) in [5.41, 5.74) is 2.29. The van der Waals surface area contributed by atoms with Crippen molar-refractivity contribution in [3.63, 3.8) is 0 Å². The van der Waals surface area contributed by atoms with Gasteiger partial charge in [0.2, 0.25) is 0 Å². The van der Waals surface area contributed by atoms with E-state index in [1.165, 1.54) is 5.56 Å². The molecule has 0 radical (unpaired) electrons. The number of β-amino-alcohol motifs (C(OH)–C–C–N with tert-alkyl or cyclic N) is 1. The number of ether oxygens (including phenoxy) is 4. The van der Waals surface area contributed by atoms with E-state index in [9.17, 15) is 5.11 Å². The molecule has 0 amide bonds. The van der Waals surface area contributed by atoms with Gasteiger partial charge in [-0.15, -0.1) is 0 Å². The molecule has 2 aliphatic rings. The van der Waals surface area contributed by atoms with Gasteiger partial charge in [0.05, 0.1) is 39.6 Å². The fourth-order valence-corrected chi connectivity index (χ4v) is 4.17. The first kappa shape index (κ1) is 21.0. The third-order valence-electron chi connectivity index (χ3n) is 5.70. The van der Waals surface area contributed by atoms with Crippen LogP contribution in [0.2, 0.25) is 0 Å². The van der Waals surface area contributed by atoms with E-state index in [0.717, 1.165) is 48.6 Å². The molecule has 2 aromatic rings. The van der Waals surface area contributed by atoms with Crippen molar-refractivity contribution in [3.05, 3.63) is 53.6 Å². The topological polar surface area (TPSA) is 60.4 Å². The molecule has 0 spiro atoms. The summed E-state index contributed by atoms with van der Waals surface area (Å²) in [5.74, 6) is 2.49. The fraction of sp³-hybridized carbons (Fsp3) is 0.500. The van der Waals surface area contributed by atoms with Crippen LogP contribution in [0.5, 0.6) is 17.2 Å². The lowest BCUT2D eigenvalue weighted by molar-refractivity contribution is 0.00770. The smallest absolute Gasteiger partial charge is 0.161 e. The Balaban J connectivity index is 1.29. The number of rotatable bonds is 8. The van der Waals surface area contributed by atoms with Crippen LogP contribution in [-0.2, 0) is 11.3 Å². The van der Waals surface area contributed by atoms with E-state index >= 15 is 0 Å². The largest absolute Gasteiger partial charge is 0.497 e. The molecular formula is C24H31NO5. The summed E-state index contributed by atoms with van der Waals surface area (Å²) < 4.78 is 22.5. The Bertz CT molecular complexity index is 810. The lowest BCUT2D eigenvalue weighted by Gasteiger charge is -2.27. The number of nitrogens with zero attached hydrogens (tertiary/aromatic N) is 1. The van der Waals surface area contributed by atoms with Gasteiger partial charge in [-0.25, -0.2) is 0 Å². The molecule has 4 rings (SSSR count). The zero-order valence-electron chi connectivity index (χ0n) is 17.6. The van der Waals surface area contributed by atoms with Crippen LogP contribution in [0, 0.1) is 0 Å². The molecule has 0 saturated carbocycles. The Morgan fingerprint density at radius 3 is 2.67 bits per heavy atom. The van der Waals surface area contributed by atoms with Gasteiger partial charge in [0.25, 0.3) is 0 Å². The Kier molecular flexibility index (Phi) is 7.10. The monoisotopic (exact) mass is 413 g/mol. The van der Waals surface area contributed by atoms with Crippen LogP contribution in [0.25, 0.3) is 0 Å². The highest BCUT2D eigenvalue weighted by atomic mass is 16.5. The quantitative estimate of drug-likeness (QED) is 0.714. The van der Waals surface area contributed by atoms with E-state index < -0.39 is 6.10 Å². The minimum atomic E-state index is -0.524. The molecule has 162 valence electrons.